The fraction of sp³-hybridized carbons (Fsp3) is 0.600. The van der Waals surface area contributed by atoms with Crippen LogP contribution in [0.15, 0.2) is 23.1 Å². The summed E-state index contributed by atoms with van der Waals surface area (Å²) in [4.78, 5) is 0.150. The molecule has 118 valence electrons. The van der Waals surface area contributed by atoms with Crippen LogP contribution < -0.4 is 4.74 Å². The summed E-state index contributed by atoms with van der Waals surface area (Å²) in [6.45, 7) is 0.913. The Hall–Kier alpha value is -1.11. The number of sulfonamides is 1. The fourth-order valence-corrected chi connectivity index (χ4v) is 4.34. The second kappa shape index (κ2) is 7.24. The van der Waals surface area contributed by atoms with E-state index in [4.69, 9.17) is 4.74 Å². The average Bonchev–Trinajstić information content (AvgIpc) is 2.45. The number of benzene rings is 1. The Kier molecular flexibility index (Phi) is 5.61. The smallest absolute Gasteiger partial charge is 0.246 e. The van der Waals surface area contributed by atoms with E-state index in [-0.39, 0.29) is 11.5 Å². The molecule has 0 aliphatic carbocycles. The lowest BCUT2D eigenvalue weighted by Crippen LogP contribution is -2.34. The van der Waals surface area contributed by atoms with Gasteiger partial charge in [-0.2, -0.15) is 4.31 Å². The predicted octanol–water partition coefficient (Wildman–Crippen LogP) is 2.14. The average molecular weight is 313 g/mol. The molecule has 1 saturated heterocycles. The van der Waals surface area contributed by atoms with Crippen LogP contribution in [0.1, 0.15) is 37.7 Å². The molecule has 6 heteroatoms. The first-order chi connectivity index (χ1) is 10.1. The molecular weight excluding hydrogens is 290 g/mol. The SMILES string of the molecule is COc1ccc(CO)cc1S(=O)(=O)N1CCCCCCC1. The highest BCUT2D eigenvalue weighted by Gasteiger charge is 2.28. The van der Waals surface area contributed by atoms with Gasteiger partial charge in [-0.25, -0.2) is 8.42 Å². The number of ether oxygens (including phenoxy) is 1. The highest BCUT2D eigenvalue weighted by Crippen LogP contribution is 2.29. The van der Waals surface area contributed by atoms with Gasteiger partial charge in [-0.3, -0.25) is 0 Å². The lowest BCUT2D eigenvalue weighted by Gasteiger charge is -2.25. The van der Waals surface area contributed by atoms with Crippen molar-refractivity contribution in [1.82, 2.24) is 4.31 Å². The van der Waals surface area contributed by atoms with Gasteiger partial charge in [0.25, 0.3) is 0 Å². The molecule has 0 aromatic heterocycles. The first-order valence-corrected chi connectivity index (χ1v) is 8.81. The molecule has 2 rings (SSSR count). The largest absolute Gasteiger partial charge is 0.495 e. The summed E-state index contributed by atoms with van der Waals surface area (Å²) in [5.74, 6) is 0.328. The van der Waals surface area contributed by atoms with Crippen molar-refractivity contribution in [2.45, 2.75) is 43.6 Å². The number of aliphatic hydroxyl groups is 1. The van der Waals surface area contributed by atoms with Crippen molar-refractivity contribution in [2.75, 3.05) is 20.2 Å². The molecule has 0 amide bonds. The topological polar surface area (TPSA) is 66.8 Å². The Bertz CT molecular complexity index is 563. The van der Waals surface area contributed by atoms with E-state index in [1.807, 2.05) is 0 Å². The van der Waals surface area contributed by atoms with Gasteiger partial charge in [-0.05, 0) is 30.5 Å². The molecule has 1 aromatic carbocycles. The monoisotopic (exact) mass is 313 g/mol. The second-order valence-electron chi connectivity index (χ2n) is 5.32. The summed E-state index contributed by atoms with van der Waals surface area (Å²) >= 11 is 0. The van der Waals surface area contributed by atoms with Gasteiger partial charge in [-0.1, -0.05) is 25.3 Å². The second-order valence-corrected chi connectivity index (χ2v) is 7.22. The fourth-order valence-electron chi connectivity index (χ4n) is 2.62. The van der Waals surface area contributed by atoms with E-state index in [1.54, 1.807) is 16.4 Å². The molecule has 0 atom stereocenters. The van der Waals surface area contributed by atoms with E-state index in [2.05, 4.69) is 0 Å². The number of rotatable bonds is 4. The van der Waals surface area contributed by atoms with Gasteiger partial charge in [0, 0.05) is 13.1 Å². The Morgan fingerprint density at radius 2 is 1.76 bits per heavy atom. The normalized spacial score (nSPS) is 18.0. The van der Waals surface area contributed by atoms with Crippen molar-refractivity contribution >= 4 is 10.0 Å². The number of methoxy groups -OCH3 is 1. The maximum atomic E-state index is 12.9. The molecule has 1 aliphatic rings. The standard InChI is InChI=1S/C15H23NO4S/c1-20-14-8-7-13(12-17)11-15(14)21(18,19)16-9-5-3-2-4-6-10-16/h7-8,11,17H,2-6,9-10,12H2,1H3. The highest BCUT2D eigenvalue weighted by atomic mass is 32.2. The molecule has 0 bridgehead atoms. The zero-order valence-electron chi connectivity index (χ0n) is 12.4. The van der Waals surface area contributed by atoms with Gasteiger partial charge in [0.15, 0.2) is 0 Å². The first kappa shape index (κ1) is 16.3. The molecule has 1 fully saturated rings. The van der Waals surface area contributed by atoms with Crippen LogP contribution in [0.25, 0.3) is 0 Å². The molecule has 21 heavy (non-hydrogen) atoms. The van der Waals surface area contributed by atoms with Crippen molar-refractivity contribution in [3.63, 3.8) is 0 Å². The van der Waals surface area contributed by atoms with Crippen molar-refractivity contribution in [3.8, 4) is 5.75 Å². The lowest BCUT2D eigenvalue weighted by atomic mass is 10.1. The minimum Gasteiger partial charge on any atom is -0.495 e. The van der Waals surface area contributed by atoms with E-state index in [1.165, 1.54) is 19.6 Å². The summed E-state index contributed by atoms with van der Waals surface area (Å²) in [6.07, 6.45) is 5.10. The molecule has 0 saturated carbocycles. The van der Waals surface area contributed by atoms with Gasteiger partial charge in [0.05, 0.1) is 13.7 Å². The van der Waals surface area contributed by atoms with Gasteiger partial charge in [0.1, 0.15) is 10.6 Å². The van der Waals surface area contributed by atoms with Crippen LogP contribution >= 0.6 is 0 Å². The molecular formula is C15H23NO4S. The van der Waals surface area contributed by atoms with E-state index >= 15 is 0 Å². The van der Waals surface area contributed by atoms with Crippen LogP contribution in [-0.4, -0.2) is 38.0 Å². The number of nitrogens with zero attached hydrogens (tertiary/aromatic N) is 1. The van der Waals surface area contributed by atoms with E-state index < -0.39 is 10.0 Å². The molecule has 0 spiro atoms. The Labute approximate surface area is 126 Å². The van der Waals surface area contributed by atoms with E-state index in [0.29, 0.717) is 24.4 Å². The molecule has 0 radical (unpaired) electrons. The Balaban J connectivity index is 2.36. The van der Waals surface area contributed by atoms with Crippen molar-refractivity contribution in [3.05, 3.63) is 23.8 Å². The minimum absolute atomic E-state index is 0.150. The number of aliphatic hydroxyl groups excluding tert-OH is 1. The summed E-state index contributed by atoms with van der Waals surface area (Å²) in [6, 6.07) is 4.78. The minimum atomic E-state index is -3.58. The molecule has 1 heterocycles. The van der Waals surface area contributed by atoms with Crippen LogP contribution in [-0.2, 0) is 16.6 Å². The molecule has 5 nitrogen and oxygen atoms in total. The zero-order valence-corrected chi connectivity index (χ0v) is 13.2. The molecule has 1 aromatic rings. The lowest BCUT2D eigenvalue weighted by molar-refractivity contribution is 0.281. The molecule has 1 N–H and O–H groups in total. The summed E-state index contributed by atoms with van der Waals surface area (Å²) in [7, 11) is -2.12. The maximum absolute atomic E-state index is 12.9. The first-order valence-electron chi connectivity index (χ1n) is 7.37. The van der Waals surface area contributed by atoms with Crippen molar-refractivity contribution in [1.29, 1.82) is 0 Å². The summed E-state index contributed by atoms with van der Waals surface area (Å²) in [5, 5.41) is 9.23. The van der Waals surface area contributed by atoms with Crippen molar-refractivity contribution < 1.29 is 18.3 Å². The van der Waals surface area contributed by atoms with Crippen LogP contribution in [0.4, 0.5) is 0 Å². The van der Waals surface area contributed by atoms with Crippen LogP contribution in [0.5, 0.6) is 5.75 Å². The number of hydrogen-bond donors (Lipinski definition) is 1. The summed E-state index contributed by atoms with van der Waals surface area (Å²) < 4.78 is 32.5. The van der Waals surface area contributed by atoms with Crippen LogP contribution in [0, 0.1) is 0 Å². The quantitative estimate of drug-likeness (QED) is 0.925. The zero-order chi connectivity index (χ0) is 15.3. The summed E-state index contributed by atoms with van der Waals surface area (Å²) in [5.41, 5.74) is 0.571. The van der Waals surface area contributed by atoms with Gasteiger partial charge >= 0.3 is 0 Å². The highest BCUT2D eigenvalue weighted by molar-refractivity contribution is 7.89. The van der Waals surface area contributed by atoms with Crippen LogP contribution in [0.3, 0.4) is 0 Å². The predicted molar refractivity (Wildman–Crippen MR) is 80.8 cm³/mol. The third-order valence-electron chi connectivity index (χ3n) is 3.84. The van der Waals surface area contributed by atoms with E-state index in [0.717, 1.165) is 25.7 Å². The maximum Gasteiger partial charge on any atom is 0.246 e. The number of hydrogen-bond acceptors (Lipinski definition) is 4. The molecule has 1 aliphatic heterocycles. The van der Waals surface area contributed by atoms with Gasteiger partial charge in [0.2, 0.25) is 10.0 Å². The van der Waals surface area contributed by atoms with Gasteiger partial charge < -0.3 is 9.84 Å². The van der Waals surface area contributed by atoms with Crippen molar-refractivity contribution in [2.24, 2.45) is 0 Å². The Morgan fingerprint density at radius 1 is 1.14 bits per heavy atom. The Morgan fingerprint density at radius 3 is 2.33 bits per heavy atom. The van der Waals surface area contributed by atoms with E-state index in [9.17, 15) is 13.5 Å². The van der Waals surface area contributed by atoms with Gasteiger partial charge in [-0.15, -0.1) is 0 Å². The molecule has 0 unspecified atom stereocenters. The third kappa shape index (κ3) is 3.75. The van der Waals surface area contributed by atoms with Crippen LogP contribution in [0.2, 0.25) is 0 Å². The third-order valence-corrected chi connectivity index (χ3v) is 5.76.